The van der Waals surface area contributed by atoms with Crippen LogP contribution in [0.4, 0.5) is 0 Å². The average molecular weight is 238 g/mol. The number of carbonyl (C=O) groups is 1. The van der Waals surface area contributed by atoms with Gasteiger partial charge < -0.3 is 9.73 Å². The largest absolute Gasteiger partial charge is 0.444 e. The molecule has 1 unspecified atom stereocenters. The fraction of sp³-hybridized carbons (Fsp3) is 0.455. The van der Waals surface area contributed by atoms with Gasteiger partial charge in [-0.25, -0.2) is 4.98 Å². The van der Waals surface area contributed by atoms with Crippen LogP contribution in [-0.2, 0) is 4.79 Å². The smallest absolute Gasteiger partial charge is 0.186 e. The minimum absolute atomic E-state index is 0.162. The molecule has 86 valence electrons. The molecule has 0 radical (unpaired) electrons. The van der Waals surface area contributed by atoms with Crippen LogP contribution in [0.3, 0.4) is 0 Å². The predicted molar refractivity (Wildman–Crippen MR) is 64.0 cm³/mol. The van der Waals surface area contributed by atoms with E-state index < -0.39 is 0 Å². The second-order valence-corrected chi connectivity index (χ2v) is 5.07. The van der Waals surface area contributed by atoms with E-state index in [0.29, 0.717) is 0 Å². The van der Waals surface area contributed by atoms with Crippen LogP contribution >= 0.6 is 11.8 Å². The van der Waals surface area contributed by atoms with Gasteiger partial charge in [0.25, 0.3) is 0 Å². The van der Waals surface area contributed by atoms with E-state index in [9.17, 15) is 4.79 Å². The summed E-state index contributed by atoms with van der Waals surface area (Å²) in [4.78, 5) is 15.0. The molecule has 1 aliphatic heterocycles. The third-order valence-corrected chi connectivity index (χ3v) is 3.57. The Morgan fingerprint density at radius 3 is 3.31 bits per heavy atom. The van der Waals surface area contributed by atoms with E-state index in [1.54, 1.807) is 13.1 Å². The van der Waals surface area contributed by atoms with E-state index in [0.717, 1.165) is 25.3 Å². The van der Waals surface area contributed by atoms with Gasteiger partial charge in [0.15, 0.2) is 11.5 Å². The molecule has 0 spiro atoms. The number of nitrogens with one attached hydrogen (secondary N) is 1. The summed E-state index contributed by atoms with van der Waals surface area (Å²) in [6.45, 7) is 3.38. The number of hydrogen-bond acceptors (Lipinski definition) is 5. The molecule has 1 fully saturated rings. The molecule has 1 atom stereocenters. The minimum atomic E-state index is 0.162. The molecule has 0 amide bonds. The number of piperidine rings is 1. The summed E-state index contributed by atoms with van der Waals surface area (Å²) >= 11 is 1.40. The Hall–Kier alpha value is -1.07. The van der Waals surface area contributed by atoms with Crippen molar-refractivity contribution in [2.45, 2.75) is 18.6 Å². The first-order chi connectivity index (χ1) is 7.75. The van der Waals surface area contributed by atoms with Gasteiger partial charge in [0.2, 0.25) is 0 Å². The highest BCUT2D eigenvalue weighted by atomic mass is 32.2. The molecule has 1 aromatic heterocycles. The van der Waals surface area contributed by atoms with E-state index in [1.807, 2.05) is 6.08 Å². The highest BCUT2D eigenvalue weighted by molar-refractivity contribution is 8.14. The molecule has 2 rings (SSSR count). The molecule has 1 saturated heterocycles. The number of thioether (sulfide) groups is 1. The first-order valence-electron chi connectivity index (χ1n) is 5.22. The highest BCUT2D eigenvalue weighted by Crippen LogP contribution is 2.26. The number of oxazole rings is 1. The first-order valence-corrected chi connectivity index (χ1v) is 6.10. The lowest BCUT2D eigenvalue weighted by Gasteiger charge is -2.24. The lowest BCUT2D eigenvalue weighted by atomic mass is 10.1. The van der Waals surface area contributed by atoms with E-state index >= 15 is 0 Å². The summed E-state index contributed by atoms with van der Waals surface area (Å²) in [6, 6.07) is 0. The van der Waals surface area contributed by atoms with Crippen molar-refractivity contribution in [3.63, 3.8) is 0 Å². The van der Waals surface area contributed by atoms with Gasteiger partial charge in [0.05, 0.1) is 6.20 Å². The molecule has 4 nitrogen and oxygen atoms in total. The molecule has 0 saturated carbocycles. The van der Waals surface area contributed by atoms with Crippen molar-refractivity contribution >= 4 is 23.0 Å². The normalized spacial score (nSPS) is 23.6. The second kappa shape index (κ2) is 5.32. The van der Waals surface area contributed by atoms with Gasteiger partial charge in [0.1, 0.15) is 5.76 Å². The van der Waals surface area contributed by atoms with Crippen LogP contribution in [0.25, 0.3) is 6.08 Å². The molecule has 1 aromatic rings. The Balaban J connectivity index is 2.12. The third-order valence-electron chi connectivity index (χ3n) is 2.41. The van der Waals surface area contributed by atoms with Crippen LogP contribution in [0.1, 0.15) is 19.1 Å². The van der Waals surface area contributed by atoms with Gasteiger partial charge in [-0.2, -0.15) is 0 Å². The Bertz CT molecular complexity index is 387. The summed E-state index contributed by atoms with van der Waals surface area (Å²) < 4.78 is 5.18. The quantitative estimate of drug-likeness (QED) is 0.850. The van der Waals surface area contributed by atoms with E-state index in [1.165, 1.54) is 23.7 Å². The maximum Gasteiger partial charge on any atom is 0.186 e. The Morgan fingerprint density at radius 1 is 1.75 bits per heavy atom. The lowest BCUT2D eigenvalue weighted by Crippen LogP contribution is -2.32. The highest BCUT2D eigenvalue weighted by Gasteiger charge is 2.21. The SMILES string of the molecule is CC(=O)SC1CCNC/C1=C\c1cnco1. The van der Waals surface area contributed by atoms with Crippen LogP contribution in [-0.4, -0.2) is 28.4 Å². The summed E-state index contributed by atoms with van der Waals surface area (Å²) in [5, 5.41) is 3.73. The molecular formula is C11H14N2O2S. The zero-order chi connectivity index (χ0) is 11.4. The molecule has 1 aliphatic rings. The van der Waals surface area contributed by atoms with Gasteiger partial charge in [-0.1, -0.05) is 11.8 Å². The van der Waals surface area contributed by atoms with Crippen molar-refractivity contribution in [1.82, 2.24) is 10.3 Å². The van der Waals surface area contributed by atoms with Crippen molar-refractivity contribution in [2.75, 3.05) is 13.1 Å². The van der Waals surface area contributed by atoms with Gasteiger partial charge in [-0.15, -0.1) is 0 Å². The maximum absolute atomic E-state index is 11.1. The Morgan fingerprint density at radius 2 is 2.62 bits per heavy atom. The fourth-order valence-corrected chi connectivity index (χ4v) is 2.66. The van der Waals surface area contributed by atoms with Crippen LogP contribution in [0.15, 0.2) is 22.6 Å². The van der Waals surface area contributed by atoms with Crippen LogP contribution < -0.4 is 5.32 Å². The topological polar surface area (TPSA) is 55.1 Å². The van der Waals surface area contributed by atoms with Gasteiger partial charge in [0, 0.05) is 18.7 Å². The second-order valence-electron chi connectivity index (χ2n) is 3.69. The molecule has 5 heteroatoms. The fourth-order valence-electron chi connectivity index (χ4n) is 1.72. The molecular weight excluding hydrogens is 224 g/mol. The zero-order valence-corrected chi connectivity index (χ0v) is 9.92. The van der Waals surface area contributed by atoms with Crippen molar-refractivity contribution in [3.05, 3.63) is 23.9 Å². The van der Waals surface area contributed by atoms with E-state index in [4.69, 9.17) is 4.42 Å². The third kappa shape index (κ3) is 2.96. The molecule has 0 bridgehead atoms. The number of hydrogen-bond donors (Lipinski definition) is 1. The zero-order valence-electron chi connectivity index (χ0n) is 9.10. The lowest BCUT2D eigenvalue weighted by molar-refractivity contribution is -0.109. The maximum atomic E-state index is 11.1. The van der Waals surface area contributed by atoms with Crippen LogP contribution in [0.2, 0.25) is 0 Å². The Kier molecular flexibility index (Phi) is 3.79. The molecule has 16 heavy (non-hydrogen) atoms. The van der Waals surface area contributed by atoms with Crippen LogP contribution in [0, 0.1) is 0 Å². The number of aromatic nitrogens is 1. The van der Waals surface area contributed by atoms with Crippen LogP contribution in [0.5, 0.6) is 0 Å². The standard InChI is InChI=1S/C11H14N2O2S/c1-8(14)16-11-2-3-12-5-9(11)4-10-6-13-7-15-10/h4,6-7,11-12H,2-3,5H2,1H3/b9-4+. The minimum Gasteiger partial charge on any atom is -0.444 e. The Labute approximate surface area is 98.5 Å². The number of carbonyl (C=O) groups excluding carboxylic acids is 1. The number of rotatable bonds is 2. The van der Waals surface area contributed by atoms with E-state index in [-0.39, 0.29) is 10.4 Å². The van der Waals surface area contributed by atoms with Crippen molar-refractivity contribution < 1.29 is 9.21 Å². The average Bonchev–Trinajstić information content (AvgIpc) is 2.73. The van der Waals surface area contributed by atoms with Gasteiger partial charge in [-0.05, 0) is 24.6 Å². The molecule has 2 heterocycles. The summed E-state index contributed by atoms with van der Waals surface area (Å²) in [6.07, 6.45) is 6.04. The van der Waals surface area contributed by atoms with Gasteiger partial charge >= 0.3 is 0 Å². The van der Waals surface area contributed by atoms with E-state index in [2.05, 4.69) is 10.3 Å². The van der Waals surface area contributed by atoms with Crippen molar-refractivity contribution in [3.8, 4) is 0 Å². The molecule has 0 aromatic carbocycles. The summed E-state index contributed by atoms with van der Waals surface area (Å²) in [5.74, 6) is 0.743. The monoisotopic (exact) mass is 238 g/mol. The van der Waals surface area contributed by atoms with Gasteiger partial charge in [-0.3, -0.25) is 4.79 Å². The van der Waals surface area contributed by atoms with Crippen molar-refractivity contribution in [1.29, 1.82) is 0 Å². The predicted octanol–water partition coefficient (Wildman–Crippen LogP) is 1.70. The summed E-state index contributed by atoms with van der Waals surface area (Å²) in [5.41, 5.74) is 1.20. The number of nitrogens with zero attached hydrogens (tertiary/aromatic N) is 1. The first kappa shape index (κ1) is 11.4. The molecule has 1 N–H and O–H groups in total. The molecule has 0 aliphatic carbocycles. The summed E-state index contributed by atoms with van der Waals surface area (Å²) in [7, 11) is 0. The van der Waals surface area contributed by atoms with Crippen molar-refractivity contribution in [2.24, 2.45) is 0 Å².